The van der Waals surface area contributed by atoms with Crippen LogP contribution in [0.5, 0.6) is 0 Å². The predicted octanol–water partition coefficient (Wildman–Crippen LogP) is 0.877. The SMILES string of the molecule is O=C(O)N1C=C2NC(C(F)(F)F)=CC(=S)N2N1. The summed E-state index contributed by atoms with van der Waals surface area (Å²) in [6.45, 7) is 0. The van der Waals surface area contributed by atoms with E-state index in [1.165, 1.54) is 0 Å². The molecule has 6 nitrogen and oxygen atoms in total. The molecule has 0 saturated heterocycles. The summed E-state index contributed by atoms with van der Waals surface area (Å²) in [4.78, 5) is 10.4. The second-order valence-electron chi connectivity index (χ2n) is 3.12. The highest BCUT2D eigenvalue weighted by atomic mass is 32.1. The van der Waals surface area contributed by atoms with Gasteiger partial charge in [0.25, 0.3) is 0 Å². The lowest BCUT2D eigenvalue weighted by molar-refractivity contribution is -0.0967. The molecule has 0 aromatic carbocycles. The van der Waals surface area contributed by atoms with Crippen LogP contribution >= 0.6 is 12.2 Å². The van der Waals surface area contributed by atoms with Gasteiger partial charge in [0.1, 0.15) is 16.5 Å². The van der Waals surface area contributed by atoms with E-state index in [-0.39, 0.29) is 10.8 Å². The average molecular weight is 266 g/mol. The van der Waals surface area contributed by atoms with Crippen molar-refractivity contribution in [3.63, 3.8) is 0 Å². The summed E-state index contributed by atoms with van der Waals surface area (Å²) < 4.78 is 37.3. The molecule has 2 aliphatic rings. The lowest BCUT2D eigenvalue weighted by Crippen LogP contribution is -2.49. The molecular formula is C7H5F3N4O2S. The first-order valence-corrected chi connectivity index (χ1v) is 4.60. The fraction of sp³-hybridized carbons (Fsp3) is 0.143. The molecule has 0 radical (unpaired) electrons. The van der Waals surface area contributed by atoms with E-state index in [4.69, 9.17) is 17.3 Å². The summed E-state index contributed by atoms with van der Waals surface area (Å²) in [6, 6.07) is 0. The van der Waals surface area contributed by atoms with E-state index in [0.29, 0.717) is 11.1 Å². The minimum atomic E-state index is -4.58. The lowest BCUT2D eigenvalue weighted by atomic mass is 10.3. The van der Waals surface area contributed by atoms with Crippen molar-refractivity contribution in [2.24, 2.45) is 0 Å². The zero-order chi connectivity index (χ0) is 12.8. The molecule has 17 heavy (non-hydrogen) atoms. The van der Waals surface area contributed by atoms with Crippen molar-refractivity contribution in [2.75, 3.05) is 0 Å². The van der Waals surface area contributed by atoms with Gasteiger partial charge >= 0.3 is 12.3 Å². The number of rotatable bonds is 0. The molecule has 0 bridgehead atoms. The van der Waals surface area contributed by atoms with Gasteiger partial charge in [-0.15, -0.1) is 5.53 Å². The molecule has 10 heteroatoms. The molecule has 1 amide bonds. The number of hydrazine groups is 2. The van der Waals surface area contributed by atoms with Crippen LogP contribution in [0.1, 0.15) is 0 Å². The second-order valence-corrected chi connectivity index (χ2v) is 3.54. The van der Waals surface area contributed by atoms with Crippen LogP contribution in [-0.2, 0) is 0 Å². The van der Waals surface area contributed by atoms with Crippen molar-refractivity contribution in [1.29, 1.82) is 0 Å². The standard InChI is InChI=1S/C7H5F3N4O2S/c8-7(9,10)3-1-5(17)14-4(11-3)2-13(12-14)6(15)16/h1-2,11-12H,(H,15,16). The molecular weight excluding hydrogens is 261 g/mol. The van der Waals surface area contributed by atoms with Crippen LogP contribution in [-0.4, -0.2) is 32.4 Å². The summed E-state index contributed by atoms with van der Waals surface area (Å²) in [7, 11) is 0. The molecule has 92 valence electrons. The van der Waals surface area contributed by atoms with Crippen LogP contribution in [0.3, 0.4) is 0 Å². The third-order valence-electron chi connectivity index (χ3n) is 1.96. The van der Waals surface area contributed by atoms with Gasteiger partial charge in [-0.1, -0.05) is 12.2 Å². The Balaban J connectivity index is 2.29. The Hall–Kier alpha value is -1.81. The summed E-state index contributed by atoms with van der Waals surface area (Å²) in [5.74, 6) is -0.104. The third kappa shape index (κ3) is 2.03. The van der Waals surface area contributed by atoms with Crippen molar-refractivity contribution >= 4 is 23.3 Å². The molecule has 2 rings (SSSR count). The molecule has 0 aromatic heterocycles. The number of thiocarbonyl (C=S) groups is 1. The molecule has 2 aliphatic heterocycles. The maximum atomic E-state index is 12.4. The van der Waals surface area contributed by atoms with Crippen LogP contribution in [0.4, 0.5) is 18.0 Å². The van der Waals surface area contributed by atoms with E-state index in [2.05, 4.69) is 5.53 Å². The first-order valence-electron chi connectivity index (χ1n) is 4.19. The van der Waals surface area contributed by atoms with Crippen molar-refractivity contribution < 1.29 is 23.1 Å². The van der Waals surface area contributed by atoms with Gasteiger partial charge in [0.15, 0.2) is 0 Å². The van der Waals surface area contributed by atoms with E-state index in [1.807, 2.05) is 5.32 Å². The zero-order valence-electron chi connectivity index (χ0n) is 7.95. The van der Waals surface area contributed by atoms with Crippen LogP contribution in [0, 0.1) is 0 Å². The minimum Gasteiger partial charge on any atom is -0.464 e. The molecule has 2 heterocycles. The summed E-state index contributed by atoms with van der Waals surface area (Å²) in [5, 5.41) is 12.3. The normalized spacial score (nSPS) is 19.6. The molecule has 0 unspecified atom stereocenters. The van der Waals surface area contributed by atoms with E-state index in [1.54, 1.807) is 0 Å². The number of allylic oxidation sites excluding steroid dienone is 1. The highest BCUT2D eigenvalue weighted by Crippen LogP contribution is 2.28. The summed E-state index contributed by atoms with van der Waals surface area (Å²) >= 11 is 4.72. The van der Waals surface area contributed by atoms with Crippen molar-refractivity contribution in [2.45, 2.75) is 6.18 Å². The number of halogens is 3. The number of fused-ring (bicyclic) bond motifs is 1. The lowest BCUT2D eigenvalue weighted by Gasteiger charge is -2.28. The van der Waals surface area contributed by atoms with Gasteiger partial charge in [-0.25, -0.2) is 9.80 Å². The van der Waals surface area contributed by atoms with Crippen molar-refractivity contribution in [1.82, 2.24) is 20.9 Å². The molecule has 3 N–H and O–H groups in total. The number of nitrogens with one attached hydrogen (secondary N) is 2. The summed E-state index contributed by atoms with van der Waals surface area (Å²) in [5.41, 5.74) is 1.23. The average Bonchev–Trinajstić information content (AvgIpc) is 2.60. The number of carbonyl (C=O) groups is 1. The third-order valence-corrected chi connectivity index (χ3v) is 2.26. The van der Waals surface area contributed by atoms with Crippen LogP contribution in [0.2, 0.25) is 0 Å². The second kappa shape index (κ2) is 3.60. The molecule has 0 saturated carbocycles. The number of hydrogen-bond acceptors (Lipinski definition) is 4. The number of hydrogen-bond donors (Lipinski definition) is 3. The van der Waals surface area contributed by atoms with Crippen molar-refractivity contribution in [3.8, 4) is 0 Å². The Morgan fingerprint density at radius 2 is 2.12 bits per heavy atom. The quantitative estimate of drug-likeness (QED) is 0.565. The van der Waals surface area contributed by atoms with Crippen LogP contribution in [0.25, 0.3) is 0 Å². The molecule has 0 fully saturated rings. The Bertz CT molecular complexity index is 459. The maximum absolute atomic E-state index is 12.4. The van der Waals surface area contributed by atoms with Crippen molar-refractivity contribution in [3.05, 3.63) is 23.8 Å². The van der Waals surface area contributed by atoms with Gasteiger partial charge in [0.05, 0.1) is 6.20 Å². The van der Waals surface area contributed by atoms with Gasteiger partial charge in [-0.3, -0.25) is 0 Å². The van der Waals surface area contributed by atoms with Gasteiger partial charge in [-0.05, 0) is 0 Å². The van der Waals surface area contributed by atoms with Gasteiger partial charge in [0, 0.05) is 6.08 Å². The van der Waals surface area contributed by atoms with Crippen LogP contribution in [0.15, 0.2) is 23.8 Å². The smallest absolute Gasteiger partial charge is 0.431 e. The minimum absolute atomic E-state index is 0.104. The fourth-order valence-electron chi connectivity index (χ4n) is 1.24. The number of nitrogens with zero attached hydrogens (tertiary/aromatic N) is 2. The molecule has 0 spiro atoms. The van der Waals surface area contributed by atoms with E-state index in [9.17, 15) is 18.0 Å². The Morgan fingerprint density at radius 3 is 2.65 bits per heavy atom. The largest absolute Gasteiger partial charge is 0.464 e. The Morgan fingerprint density at radius 1 is 1.47 bits per heavy atom. The molecule has 0 aromatic rings. The Kier molecular flexibility index (Phi) is 2.47. The number of alkyl halides is 3. The fourth-order valence-corrected chi connectivity index (χ4v) is 1.50. The molecule has 0 aliphatic carbocycles. The monoisotopic (exact) mass is 266 g/mol. The van der Waals surface area contributed by atoms with E-state index in [0.717, 1.165) is 11.2 Å². The first kappa shape index (κ1) is 11.7. The van der Waals surface area contributed by atoms with Crippen LogP contribution < -0.4 is 10.9 Å². The van der Waals surface area contributed by atoms with Gasteiger partial charge in [-0.2, -0.15) is 18.2 Å². The first-order chi connectivity index (χ1) is 7.79. The Labute approximate surface area is 97.9 Å². The number of amides is 1. The highest BCUT2D eigenvalue weighted by Gasteiger charge is 2.40. The number of carboxylic acid groups (broad SMARTS) is 1. The topological polar surface area (TPSA) is 67.8 Å². The zero-order valence-corrected chi connectivity index (χ0v) is 8.76. The maximum Gasteiger partial charge on any atom is 0.431 e. The van der Waals surface area contributed by atoms with E-state index >= 15 is 0 Å². The van der Waals surface area contributed by atoms with E-state index < -0.39 is 18.0 Å². The summed E-state index contributed by atoms with van der Waals surface area (Å²) in [6.07, 6.45) is -4.29. The molecule has 0 atom stereocenters. The highest BCUT2D eigenvalue weighted by molar-refractivity contribution is 7.80. The predicted molar refractivity (Wildman–Crippen MR) is 52.8 cm³/mol. The van der Waals surface area contributed by atoms with Gasteiger partial charge < -0.3 is 10.4 Å². The van der Waals surface area contributed by atoms with Gasteiger partial charge in [0.2, 0.25) is 0 Å².